The molecule has 1 heterocycles. The second kappa shape index (κ2) is 17.3. The van der Waals surface area contributed by atoms with Crippen LogP contribution in [-0.4, -0.2) is 110 Å². The molecule has 2 amide bonds. The number of nitrogens with zero attached hydrogens (tertiary/aromatic N) is 3. The first kappa shape index (κ1) is 42.4. The predicted molar refractivity (Wildman–Crippen MR) is 221 cm³/mol. The number of aliphatic hydroxyl groups excluding tert-OH is 2. The number of carbonyl (C=O) groups is 2. The van der Waals surface area contributed by atoms with Crippen molar-refractivity contribution in [1.82, 2.24) is 20.6 Å². The second-order valence-corrected chi connectivity index (χ2v) is 19.0. The topological polar surface area (TPSA) is 127 Å². The number of likely N-dealkylation sites (N-methyl/N-ethyl adjacent to an activating group) is 1. The third-order valence-corrected chi connectivity index (χ3v) is 13.3. The fourth-order valence-electron chi connectivity index (χ4n) is 9.86. The van der Waals surface area contributed by atoms with E-state index in [0.29, 0.717) is 47.5 Å². The van der Waals surface area contributed by atoms with E-state index in [1.54, 1.807) is 12.0 Å². The Labute approximate surface area is 335 Å². The van der Waals surface area contributed by atoms with E-state index in [2.05, 4.69) is 56.2 Å². The molecule has 5 aliphatic rings. The molecule has 0 unspecified atom stereocenters. The molecular weight excluding hydrogens is 707 g/mol. The standard InChI is InChI=1S/C45H69N5O6/c1-26(2)16-34(23-48(7)8)46-43(53)32-17-31(18-35(19-32)49(9)10)36-13-11-12-30(42(36)55-25-29-14-15-29)22-50-41(40(28(4)52)39(24-51)56-50)44(54)47-38-21-33-20-37(27(38)3)45(33,5)6/h11-13,17-19,26-29,33-34,37-41,51-52H,14-16,20-25H2,1-10H3,(H,46,53)(H,47,54)/t27-,28-,33-,34+,37+,38-,39-,40+,41-/m0/s1. The fourth-order valence-corrected chi connectivity index (χ4v) is 9.86. The van der Waals surface area contributed by atoms with Crippen LogP contribution in [0.2, 0.25) is 0 Å². The van der Waals surface area contributed by atoms with Crippen LogP contribution in [0.25, 0.3) is 11.1 Å². The van der Waals surface area contributed by atoms with Gasteiger partial charge in [0, 0.05) is 61.0 Å². The van der Waals surface area contributed by atoms with E-state index < -0.39 is 24.2 Å². The highest BCUT2D eigenvalue weighted by molar-refractivity contribution is 5.97. The number of hydrogen-bond donors (Lipinski definition) is 4. The van der Waals surface area contributed by atoms with Crippen LogP contribution < -0.4 is 20.3 Å². The molecule has 2 bridgehead atoms. The summed E-state index contributed by atoms with van der Waals surface area (Å²) in [4.78, 5) is 38.9. The number of ether oxygens (including phenoxy) is 1. The van der Waals surface area contributed by atoms with Crippen LogP contribution in [0.15, 0.2) is 36.4 Å². The zero-order valence-corrected chi connectivity index (χ0v) is 35.5. The first-order valence-electron chi connectivity index (χ1n) is 21.0. The Morgan fingerprint density at radius 1 is 1.07 bits per heavy atom. The number of amides is 2. The van der Waals surface area contributed by atoms with E-state index in [4.69, 9.17) is 9.57 Å². The predicted octanol–water partition coefficient (Wildman–Crippen LogP) is 5.58. The molecule has 0 radical (unpaired) electrons. The lowest BCUT2D eigenvalue weighted by atomic mass is 9.45. The van der Waals surface area contributed by atoms with Gasteiger partial charge in [0.1, 0.15) is 17.9 Å². The van der Waals surface area contributed by atoms with Gasteiger partial charge in [-0.15, -0.1) is 0 Å². The Hall–Kier alpha value is -3.22. The molecule has 0 spiro atoms. The maximum absolute atomic E-state index is 14.4. The summed E-state index contributed by atoms with van der Waals surface area (Å²) in [5, 5.41) is 29.9. The van der Waals surface area contributed by atoms with Gasteiger partial charge in [-0.05, 0) is 112 Å². The molecule has 56 heavy (non-hydrogen) atoms. The summed E-state index contributed by atoms with van der Waals surface area (Å²) in [6.07, 6.45) is 3.62. The van der Waals surface area contributed by atoms with Gasteiger partial charge in [0.25, 0.3) is 5.91 Å². The molecule has 9 atom stereocenters. The van der Waals surface area contributed by atoms with Crippen molar-refractivity contribution in [2.45, 2.75) is 111 Å². The average Bonchev–Trinajstić information content (AvgIpc) is 3.88. The van der Waals surface area contributed by atoms with Crippen LogP contribution in [-0.2, 0) is 16.2 Å². The summed E-state index contributed by atoms with van der Waals surface area (Å²) >= 11 is 0. The molecule has 310 valence electrons. The normalized spacial score (nSPS) is 28.1. The minimum absolute atomic E-state index is 0.00223. The van der Waals surface area contributed by atoms with E-state index in [9.17, 15) is 19.8 Å². The minimum atomic E-state index is -0.892. The summed E-state index contributed by atoms with van der Waals surface area (Å²) in [5.41, 5.74) is 4.26. The van der Waals surface area contributed by atoms with Gasteiger partial charge in [0.15, 0.2) is 0 Å². The van der Waals surface area contributed by atoms with Crippen LogP contribution in [0.4, 0.5) is 5.69 Å². The number of fused-ring (bicyclic) bond motifs is 2. The van der Waals surface area contributed by atoms with Crippen molar-refractivity contribution in [2.24, 2.45) is 40.9 Å². The van der Waals surface area contributed by atoms with E-state index in [-0.39, 0.29) is 42.5 Å². The quantitative estimate of drug-likeness (QED) is 0.163. The van der Waals surface area contributed by atoms with E-state index in [1.807, 2.05) is 63.4 Å². The third kappa shape index (κ3) is 9.23. The van der Waals surface area contributed by atoms with Crippen molar-refractivity contribution in [3.8, 4) is 16.9 Å². The zero-order valence-electron chi connectivity index (χ0n) is 35.5. The molecule has 11 nitrogen and oxygen atoms in total. The van der Waals surface area contributed by atoms with Crippen LogP contribution in [0.5, 0.6) is 5.75 Å². The Morgan fingerprint density at radius 2 is 1.80 bits per heavy atom. The molecule has 1 aliphatic heterocycles. The Kier molecular flexibility index (Phi) is 13.1. The summed E-state index contributed by atoms with van der Waals surface area (Å²) in [7, 11) is 7.99. The largest absolute Gasteiger partial charge is 0.492 e. The number of anilines is 1. The number of aliphatic hydroxyl groups is 2. The monoisotopic (exact) mass is 776 g/mol. The number of para-hydroxylation sites is 1. The molecule has 7 rings (SSSR count). The van der Waals surface area contributed by atoms with Gasteiger partial charge in [-0.25, -0.2) is 0 Å². The van der Waals surface area contributed by atoms with E-state index in [1.165, 1.54) is 6.42 Å². The molecule has 4 saturated carbocycles. The minimum Gasteiger partial charge on any atom is -0.492 e. The van der Waals surface area contributed by atoms with Gasteiger partial charge >= 0.3 is 0 Å². The summed E-state index contributed by atoms with van der Waals surface area (Å²) in [6.45, 7) is 14.1. The van der Waals surface area contributed by atoms with Crippen molar-refractivity contribution in [1.29, 1.82) is 0 Å². The molecule has 2 aromatic carbocycles. The number of benzene rings is 2. The average molecular weight is 776 g/mol. The van der Waals surface area contributed by atoms with Crippen molar-refractivity contribution in [2.75, 3.05) is 52.8 Å². The van der Waals surface area contributed by atoms with Crippen molar-refractivity contribution >= 4 is 17.5 Å². The van der Waals surface area contributed by atoms with Gasteiger partial charge in [0.05, 0.1) is 25.9 Å². The number of carbonyl (C=O) groups excluding carboxylic acids is 2. The van der Waals surface area contributed by atoms with Gasteiger partial charge in [-0.1, -0.05) is 52.8 Å². The highest BCUT2D eigenvalue weighted by Gasteiger charge is 2.57. The van der Waals surface area contributed by atoms with Gasteiger partial charge in [-0.2, -0.15) is 5.06 Å². The smallest absolute Gasteiger partial charge is 0.251 e. The van der Waals surface area contributed by atoms with E-state index in [0.717, 1.165) is 54.6 Å². The van der Waals surface area contributed by atoms with Gasteiger partial charge < -0.3 is 35.4 Å². The molecular formula is C45H69N5O6. The van der Waals surface area contributed by atoms with Crippen LogP contribution >= 0.6 is 0 Å². The second-order valence-electron chi connectivity index (χ2n) is 19.0. The van der Waals surface area contributed by atoms with Crippen LogP contribution in [0, 0.1) is 40.9 Å². The summed E-state index contributed by atoms with van der Waals surface area (Å²) < 4.78 is 6.70. The van der Waals surface area contributed by atoms with Crippen molar-refractivity contribution in [3.63, 3.8) is 0 Å². The molecule has 11 heteroatoms. The highest BCUT2D eigenvalue weighted by Crippen LogP contribution is 2.61. The van der Waals surface area contributed by atoms with Crippen molar-refractivity contribution in [3.05, 3.63) is 47.5 Å². The number of hydrogen-bond acceptors (Lipinski definition) is 9. The van der Waals surface area contributed by atoms with Gasteiger partial charge in [-0.3, -0.25) is 14.4 Å². The highest BCUT2D eigenvalue weighted by atomic mass is 16.7. The fraction of sp³-hybridized carbons (Fsp3) is 0.689. The first-order chi connectivity index (χ1) is 26.5. The van der Waals surface area contributed by atoms with Crippen LogP contribution in [0.1, 0.15) is 89.6 Å². The van der Waals surface area contributed by atoms with Gasteiger partial charge in [0.2, 0.25) is 5.91 Å². The third-order valence-electron chi connectivity index (χ3n) is 13.3. The summed E-state index contributed by atoms with van der Waals surface area (Å²) in [6, 6.07) is 11.2. The number of hydroxylamine groups is 2. The van der Waals surface area contributed by atoms with Crippen molar-refractivity contribution < 1.29 is 29.4 Å². The van der Waals surface area contributed by atoms with Crippen LogP contribution in [0.3, 0.4) is 0 Å². The zero-order chi connectivity index (χ0) is 40.6. The maximum atomic E-state index is 14.4. The lowest BCUT2D eigenvalue weighted by molar-refractivity contribution is -0.183. The first-order valence-corrected chi connectivity index (χ1v) is 21.0. The van der Waals surface area contributed by atoms with E-state index >= 15 is 0 Å². The molecule has 1 saturated heterocycles. The number of rotatable bonds is 17. The number of nitrogens with one attached hydrogen (secondary N) is 2. The molecule has 5 fully saturated rings. The molecule has 4 aliphatic carbocycles. The molecule has 0 aromatic heterocycles. The lowest BCUT2D eigenvalue weighted by Crippen LogP contribution is -2.62. The molecule has 2 aromatic rings. The SMILES string of the molecule is CC(C)C[C@H](CN(C)C)NC(=O)c1cc(-c2cccc(CN3O[C@@H](CO)[C@@H]([C@H](C)O)[C@H]3C(=O)N[C@H]3C[C@@H]4C[C@H]([C@@H]3C)C4(C)C)c2OCC2CC2)cc(N(C)C)c1. The maximum Gasteiger partial charge on any atom is 0.251 e. The molecule has 4 N–H and O–H groups in total. The summed E-state index contributed by atoms with van der Waals surface area (Å²) in [5.74, 6) is 2.14. The Bertz CT molecular complexity index is 1680. The lowest BCUT2D eigenvalue weighted by Gasteiger charge is -2.62. The Morgan fingerprint density at radius 3 is 2.39 bits per heavy atom. The Balaban J connectivity index is 1.33.